The Morgan fingerprint density at radius 2 is 1.80 bits per heavy atom. The number of rotatable bonds is 5. The van der Waals surface area contributed by atoms with E-state index in [9.17, 15) is 24.3 Å². The van der Waals surface area contributed by atoms with Crippen LogP contribution in [0, 0.1) is 11.8 Å². The van der Waals surface area contributed by atoms with Crippen molar-refractivity contribution in [2.24, 2.45) is 11.8 Å². The summed E-state index contributed by atoms with van der Waals surface area (Å²) in [5.74, 6) is -3.79. The summed E-state index contributed by atoms with van der Waals surface area (Å²) in [6.07, 6.45) is 6.97. The van der Waals surface area contributed by atoms with Gasteiger partial charge in [0.25, 0.3) is 5.91 Å². The third kappa shape index (κ3) is 5.45. The number of nitrogens with one attached hydrogen (secondary N) is 1. The maximum Gasteiger partial charge on any atom is 0.306 e. The van der Waals surface area contributed by atoms with Crippen LogP contribution in [0.3, 0.4) is 0 Å². The number of benzene rings is 2. The molecular formula is C34H36ClN3O7. The van der Waals surface area contributed by atoms with Gasteiger partial charge in [-0.05, 0) is 30.5 Å². The average Bonchev–Trinajstić information content (AvgIpc) is 3.43. The number of hydrogen-bond acceptors (Lipinski definition) is 7. The molecule has 4 aliphatic rings. The lowest BCUT2D eigenvalue weighted by atomic mass is 9.77. The van der Waals surface area contributed by atoms with Crippen molar-refractivity contribution in [1.82, 2.24) is 10.2 Å². The maximum absolute atomic E-state index is 14.6. The number of esters is 1. The lowest BCUT2D eigenvalue weighted by Crippen LogP contribution is -2.58. The zero-order valence-electron chi connectivity index (χ0n) is 24.9. The number of halogens is 1. The second kappa shape index (κ2) is 12.8. The molecule has 0 bridgehead atoms. The molecule has 0 aliphatic carbocycles. The number of carbonyl (C=O) groups excluding carboxylic acids is 4. The lowest BCUT2D eigenvalue weighted by Gasteiger charge is -2.38. The first kappa shape index (κ1) is 31.0. The number of hydrogen-bond donors (Lipinski definition) is 2. The summed E-state index contributed by atoms with van der Waals surface area (Å²) in [4.78, 5) is 58.9. The van der Waals surface area contributed by atoms with Gasteiger partial charge >= 0.3 is 5.97 Å². The summed E-state index contributed by atoms with van der Waals surface area (Å²) in [6, 6.07) is 13.6. The Kier molecular flexibility index (Phi) is 8.81. The molecule has 6 rings (SSSR count). The number of amides is 3. The van der Waals surface area contributed by atoms with Crippen molar-refractivity contribution in [3.05, 3.63) is 89.5 Å². The minimum absolute atomic E-state index is 0.0807. The van der Waals surface area contributed by atoms with Crippen LogP contribution in [-0.4, -0.2) is 77.2 Å². The fraction of sp³-hybridized carbons (Fsp3) is 0.412. The lowest BCUT2D eigenvalue weighted by molar-refractivity contribution is -0.146. The molecular weight excluding hydrogens is 598 g/mol. The number of para-hydroxylation sites is 1. The highest BCUT2D eigenvalue weighted by Gasteiger charge is 2.72. The van der Waals surface area contributed by atoms with Crippen LogP contribution in [0.4, 0.5) is 5.69 Å². The number of anilines is 1. The van der Waals surface area contributed by atoms with E-state index in [0.717, 1.165) is 5.56 Å². The molecule has 0 unspecified atom stereocenters. The highest BCUT2D eigenvalue weighted by molar-refractivity contribution is 6.34. The van der Waals surface area contributed by atoms with Crippen LogP contribution in [0.15, 0.2) is 78.9 Å². The largest absolute Gasteiger partial charge is 0.463 e. The normalized spacial score (nSPS) is 31.5. The van der Waals surface area contributed by atoms with Gasteiger partial charge in [0.2, 0.25) is 11.8 Å². The van der Waals surface area contributed by atoms with E-state index in [0.29, 0.717) is 23.6 Å². The van der Waals surface area contributed by atoms with Gasteiger partial charge in [0, 0.05) is 13.0 Å². The summed E-state index contributed by atoms with van der Waals surface area (Å²) in [5, 5.41) is 13.8. The molecule has 4 heterocycles. The van der Waals surface area contributed by atoms with Gasteiger partial charge in [0.1, 0.15) is 18.2 Å². The third-order valence-electron chi connectivity index (χ3n) is 9.22. The highest BCUT2D eigenvalue weighted by atomic mass is 35.5. The van der Waals surface area contributed by atoms with Crippen molar-refractivity contribution in [2.75, 3.05) is 24.7 Å². The summed E-state index contributed by atoms with van der Waals surface area (Å²) in [6.45, 7) is 1.55. The van der Waals surface area contributed by atoms with Crippen LogP contribution in [0.1, 0.15) is 37.8 Å². The second-order valence-electron chi connectivity index (χ2n) is 11.8. The van der Waals surface area contributed by atoms with Gasteiger partial charge in [-0.15, -0.1) is 0 Å². The predicted molar refractivity (Wildman–Crippen MR) is 166 cm³/mol. The molecule has 3 amide bonds. The summed E-state index contributed by atoms with van der Waals surface area (Å²) in [5.41, 5.74) is -0.283. The summed E-state index contributed by atoms with van der Waals surface area (Å²) in [7, 11) is 0. The van der Waals surface area contributed by atoms with Crippen molar-refractivity contribution in [3.8, 4) is 0 Å². The van der Waals surface area contributed by atoms with E-state index in [2.05, 4.69) is 5.32 Å². The minimum atomic E-state index is -1.50. The van der Waals surface area contributed by atoms with Gasteiger partial charge in [-0.25, -0.2) is 0 Å². The van der Waals surface area contributed by atoms with E-state index < -0.39 is 65.4 Å². The molecule has 236 valence electrons. The molecule has 7 atom stereocenters. The molecule has 1 spiro atoms. The number of nitrogens with zero attached hydrogens (tertiary/aromatic N) is 2. The molecule has 0 aromatic heterocycles. The van der Waals surface area contributed by atoms with Gasteiger partial charge in [0.05, 0.1) is 47.3 Å². The fourth-order valence-electron chi connectivity index (χ4n) is 7.07. The quantitative estimate of drug-likeness (QED) is 0.382. The van der Waals surface area contributed by atoms with Crippen LogP contribution in [0.5, 0.6) is 0 Å². The average molecular weight is 634 g/mol. The number of aliphatic hydroxyl groups is 1. The molecule has 2 aromatic rings. The van der Waals surface area contributed by atoms with Crippen molar-refractivity contribution in [3.63, 3.8) is 0 Å². The van der Waals surface area contributed by atoms with E-state index >= 15 is 0 Å². The molecule has 10 nitrogen and oxygen atoms in total. The first-order valence-corrected chi connectivity index (χ1v) is 15.7. The van der Waals surface area contributed by atoms with Crippen molar-refractivity contribution >= 4 is 41.0 Å². The molecule has 2 saturated heterocycles. The number of ether oxygens (including phenoxy) is 2. The molecule has 0 radical (unpaired) electrons. The Balaban J connectivity index is 1.46. The summed E-state index contributed by atoms with van der Waals surface area (Å²) < 4.78 is 12.3. The molecule has 2 fully saturated rings. The van der Waals surface area contributed by atoms with E-state index in [4.69, 9.17) is 21.1 Å². The molecule has 11 heteroatoms. The van der Waals surface area contributed by atoms with Crippen molar-refractivity contribution < 1.29 is 33.8 Å². The molecule has 0 saturated carbocycles. The zero-order chi connectivity index (χ0) is 31.7. The Morgan fingerprint density at radius 1 is 1.04 bits per heavy atom. The first-order chi connectivity index (χ1) is 21.8. The molecule has 4 aliphatic heterocycles. The van der Waals surface area contributed by atoms with Crippen LogP contribution >= 0.6 is 11.6 Å². The van der Waals surface area contributed by atoms with Crippen molar-refractivity contribution in [1.29, 1.82) is 0 Å². The third-order valence-corrected chi connectivity index (χ3v) is 9.54. The molecule has 2 N–H and O–H groups in total. The Hall–Kier alpha value is -3.99. The van der Waals surface area contributed by atoms with Gasteiger partial charge < -0.3 is 29.7 Å². The van der Waals surface area contributed by atoms with Crippen LogP contribution in [0.25, 0.3) is 0 Å². The van der Waals surface area contributed by atoms with Crippen molar-refractivity contribution in [2.45, 2.75) is 56.0 Å². The van der Waals surface area contributed by atoms with Gasteiger partial charge in [0.15, 0.2) is 0 Å². The number of fused-ring (bicyclic) bond motifs is 2. The Labute approximate surface area is 266 Å². The van der Waals surface area contributed by atoms with Gasteiger partial charge in [-0.1, -0.05) is 85.3 Å². The number of cyclic esters (lactones) is 1. The smallest absolute Gasteiger partial charge is 0.306 e. The second-order valence-corrected chi connectivity index (χ2v) is 12.2. The fourth-order valence-corrected chi connectivity index (χ4v) is 7.31. The highest BCUT2D eigenvalue weighted by Crippen LogP contribution is 2.54. The van der Waals surface area contributed by atoms with Crippen LogP contribution in [-0.2, 0) is 28.7 Å². The SMILES string of the molecule is CC[C@@H](CO)N1C(=O)[C@H]2[C@@H]3C(=O)N[C@@H](c4ccccc4)COC(=O)CC/C=C\[C@@H]3O[C@]23C=CCN(c2ccccc2Cl)C(=O)[C@H]13. The number of allylic oxidation sites excluding steroid dienone is 1. The van der Waals surface area contributed by atoms with E-state index in [1.165, 1.54) is 9.80 Å². The van der Waals surface area contributed by atoms with E-state index in [1.807, 2.05) is 37.3 Å². The predicted octanol–water partition coefficient (Wildman–Crippen LogP) is 3.35. The van der Waals surface area contributed by atoms with E-state index in [1.54, 1.807) is 48.6 Å². The molecule has 45 heavy (non-hydrogen) atoms. The zero-order valence-corrected chi connectivity index (χ0v) is 25.6. The number of aliphatic hydroxyl groups excluding tert-OH is 1. The van der Waals surface area contributed by atoms with Crippen LogP contribution in [0.2, 0.25) is 5.02 Å². The topological polar surface area (TPSA) is 125 Å². The van der Waals surface area contributed by atoms with Crippen LogP contribution < -0.4 is 10.2 Å². The Bertz CT molecular complexity index is 1530. The summed E-state index contributed by atoms with van der Waals surface area (Å²) >= 11 is 6.53. The number of likely N-dealkylation sites (tertiary alicyclic amines) is 1. The monoisotopic (exact) mass is 633 g/mol. The standard InChI is InChI=1S/C34H36ClN3O7/c1-2-22(19-39)38-30-33(43)37(25-14-7-6-13-23(25)35)18-10-17-34(30)29(32(38)42)28-26(45-34)15-8-9-16-27(40)44-20-24(36-31(28)41)21-11-4-3-5-12-21/h3-8,10-15,17,22,24,26,28-30,39H,2,9,16,18-20H2,1H3,(H,36,41)/b15-8-/t22-,24+,26-,28+,29+,30-,34+/m0/s1. The van der Waals surface area contributed by atoms with Gasteiger partial charge in [-0.3, -0.25) is 19.2 Å². The number of carbonyl (C=O) groups is 4. The maximum atomic E-state index is 14.6. The Morgan fingerprint density at radius 3 is 2.53 bits per heavy atom. The first-order valence-electron chi connectivity index (χ1n) is 15.3. The van der Waals surface area contributed by atoms with E-state index in [-0.39, 0.29) is 26.2 Å². The van der Waals surface area contributed by atoms with Gasteiger partial charge in [-0.2, -0.15) is 0 Å². The molecule has 2 aromatic carbocycles. The minimum Gasteiger partial charge on any atom is -0.463 e.